The molecule has 0 radical (unpaired) electrons. The minimum absolute atomic E-state index is 0.0741. The van der Waals surface area contributed by atoms with Gasteiger partial charge in [0.05, 0.1) is 0 Å². The molecule has 1 aliphatic rings. The van der Waals surface area contributed by atoms with Gasteiger partial charge in [0.2, 0.25) is 0 Å². The van der Waals surface area contributed by atoms with Crippen LogP contribution in [0.15, 0.2) is 12.1 Å². The van der Waals surface area contributed by atoms with E-state index in [-0.39, 0.29) is 18.7 Å². The Morgan fingerprint density at radius 3 is 2.75 bits per heavy atom. The first-order valence-electron chi connectivity index (χ1n) is 1.97. The monoisotopic (exact) mass is 118 g/mol. The van der Waals surface area contributed by atoms with E-state index in [1.54, 1.807) is 0 Å². The molecular formula is C4H3FO3. The molecule has 3 nitrogen and oxygen atoms in total. The summed E-state index contributed by atoms with van der Waals surface area (Å²) in [7, 11) is 0. The highest BCUT2D eigenvalue weighted by Crippen LogP contribution is 2.08. The van der Waals surface area contributed by atoms with Gasteiger partial charge in [-0.1, -0.05) is 0 Å². The molecule has 0 saturated carbocycles. The zero-order valence-electron chi connectivity index (χ0n) is 3.89. The van der Waals surface area contributed by atoms with Crippen molar-refractivity contribution in [3.63, 3.8) is 0 Å². The minimum atomic E-state index is -0.839. The average molecular weight is 118 g/mol. The van der Waals surface area contributed by atoms with Crippen molar-refractivity contribution in [1.29, 1.82) is 0 Å². The lowest BCUT2D eigenvalue weighted by Gasteiger charge is -1.81. The Morgan fingerprint density at radius 1 is 1.75 bits per heavy atom. The molecule has 0 aromatic heterocycles. The molecule has 1 heterocycles. The minimum Gasteiger partial charge on any atom is -0.426 e. The fourth-order valence-electron chi connectivity index (χ4n) is 0.350. The largest absolute Gasteiger partial charge is 0.514 e. The molecule has 0 spiro atoms. The standard InChI is InChI=1S/C4H3FO3/c5-1-3-2-7-4(6)8-3/h1H,2H2. The van der Waals surface area contributed by atoms with E-state index in [9.17, 15) is 9.18 Å². The van der Waals surface area contributed by atoms with E-state index in [1.807, 2.05) is 0 Å². The molecule has 0 bridgehead atoms. The molecule has 0 atom stereocenters. The molecular weight excluding hydrogens is 115 g/mol. The summed E-state index contributed by atoms with van der Waals surface area (Å²) < 4.78 is 19.7. The quantitative estimate of drug-likeness (QED) is 0.444. The molecule has 1 fully saturated rings. The molecule has 0 amide bonds. The van der Waals surface area contributed by atoms with E-state index in [1.165, 1.54) is 0 Å². The van der Waals surface area contributed by atoms with Gasteiger partial charge in [-0.2, -0.15) is 0 Å². The first-order valence-corrected chi connectivity index (χ1v) is 1.97. The van der Waals surface area contributed by atoms with Crippen LogP contribution in [0.3, 0.4) is 0 Å². The van der Waals surface area contributed by atoms with Crippen LogP contribution >= 0.6 is 0 Å². The molecule has 44 valence electrons. The highest BCUT2D eigenvalue weighted by molar-refractivity contribution is 5.63. The summed E-state index contributed by atoms with van der Waals surface area (Å²) in [4.78, 5) is 9.96. The van der Waals surface area contributed by atoms with Crippen LogP contribution in [0.4, 0.5) is 9.18 Å². The van der Waals surface area contributed by atoms with Gasteiger partial charge in [-0.25, -0.2) is 9.18 Å². The fourth-order valence-corrected chi connectivity index (χ4v) is 0.350. The molecule has 1 aliphatic heterocycles. The van der Waals surface area contributed by atoms with Crippen LogP contribution < -0.4 is 0 Å². The van der Waals surface area contributed by atoms with E-state index in [2.05, 4.69) is 9.47 Å². The van der Waals surface area contributed by atoms with Crippen LogP contribution in [-0.4, -0.2) is 12.8 Å². The fraction of sp³-hybridized carbons (Fsp3) is 0.250. The molecule has 0 unspecified atom stereocenters. The van der Waals surface area contributed by atoms with Gasteiger partial charge in [-0.15, -0.1) is 0 Å². The van der Waals surface area contributed by atoms with E-state index in [4.69, 9.17) is 0 Å². The van der Waals surface area contributed by atoms with Gasteiger partial charge >= 0.3 is 6.16 Å². The van der Waals surface area contributed by atoms with E-state index >= 15 is 0 Å². The van der Waals surface area contributed by atoms with Crippen LogP contribution in [0.1, 0.15) is 0 Å². The van der Waals surface area contributed by atoms with Crippen molar-refractivity contribution < 1.29 is 18.7 Å². The van der Waals surface area contributed by atoms with Crippen LogP contribution in [-0.2, 0) is 9.47 Å². The lowest BCUT2D eigenvalue weighted by molar-refractivity contribution is 0.136. The van der Waals surface area contributed by atoms with Crippen LogP contribution in [0.2, 0.25) is 0 Å². The van der Waals surface area contributed by atoms with Crippen LogP contribution in [0.25, 0.3) is 0 Å². The summed E-state index contributed by atoms with van der Waals surface area (Å²) >= 11 is 0. The average Bonchev–Trinajstić information content (AvgIpc) is 2.14. The number of cyclic esters (lactones) is 2. The Morgan fingerprint density at radius 2 is 2.50 bits per heavy atom. The third-order valence-corrected chi connectivity index (χ3v) is 0.668. The summed E-state index contributed by atoms with van der Waals surface area (Å²) in [6.07, 6.45) is -0.640. The van der Waals surface area contributed by atoms with Crippen molar-refractivity contribution in [3.8, 4) is 0 Å². The summed E-state index contributed by atoms with van der Waals surface area (Å²) in [5, 5.41) is 0. The number of rotatable bonds is 0. The highest BCUT2D eigenvalue weighted by Gasteiger charge is 2.17. The van der Waals surface area contributed by atoms with E-state index in [0.717, 1.165) is 0 Å². The molecule has 0 aliphatic carbocycles. The van der Waals surface area contributed by atoms with Crippen molar-refractivity contribution in [1.82, 2.24) is 0 Å². The smallest absolute Gasteiger partial charge is 0.426 e. The first-order chi connectivity index (χ1) is 3.83. The third-order valence-electron chi connectivity index (χ3n) is 0.668. The molecule has 0 aromatic rings. The van der Waals surface area contributed by atoms with E-state index < -0.39 is 6.16 Å². The Kier molecular flexibility index (Phi) is 1.15. The van der Waals surface area contributed by atoms with Crippen LogP contribution in [0.5, 0.6) is 0 Å². The maximum Gasteiger partial charge on any atom is 0.514 e. The van der Waals surface area contributed by atoms with Crippen molar-refractivity contribution in [2.75, 3.05) is 6.61 Å². The molecule has 8 heavy (non-hydrogen) atoms. The molecule has 0 N–H and O–H groups in total. The predicted molar refractivity (Wildman–Crippen MR) is 21.6 cm³/mol. The number of hydrogen-bond donors (Lipinski definition) is 0. The summed E-state index contributed by atoms with van der Waals surface area (Å²) in [6.45, 7) is -0.0880. The van der Waals surface area contributed by atoms with Crippen molar-refractivity contribution in [2.24, 2.45) is 0 Å². The number of ether oxygens (including phenoxy) is 2. The Balaban J connectivity index is 2.56. The lowest BCUT2D eigenvalue weighted by Crippen LogP contribution is -1.88. The third kappa shape index (κ3) is 0.776. The number of halogens is 1. The summed E-state index contributed by atoms with van der Waals surface area (Å²) in [5.41, 5.74) is 0. The maximum absolute atomic E-state index is 11.4. The second-order valence-corrected chi connectivity index (χ2v) is 1.22. The van der Waals surface area contributed by atoms with Gasteiger partial charge in [0.25, 0.3) is 0 Å². The zero-order valence-corrected chi connectivity index (χ0v) is 3.89. The molecule has 1 saturated heterocycles. The van der Waals surface area contributed by atoms with Gasteiger partial charge in [0, 0.05) is 0 Å². The SMILES string of the molecule is O=C1OCC(=CF)O1. The number of hydrogen-bond acceptors (Lipinski definition) is 3. The Bertz CT molecular complexity index is 140. The maximum atomic E-state index is 11.4. The molecule has 4 heteroatoms. The Hall–Kier alpha value is -1.06. The zero-order chi connectivity index (χ0) is 5.98. The predicted octanol–water partition coefficient (Wildman–Crippen LogP) is 0.964. The van der Waals surface area contributed by atoms with E-state index in [0.29, 0.717) is 0 Å². The summed E-state index contributed by atoms with van der Waals surface area (Å²) in [6, 6.07) is 0. The highest BCUT2D eigenvalue weighted by atomic mass is 19.1. The second-order valence-electron chi connectivity index (χ2n) is 1.22. The second kappa shape index (κ2) is 1.81. The summed E-state index contributed by atoms with van der Waals surface area (Å²) in [5.74, 6) is -0.0741. The lowest BCUT2D eigenvalue weighted by atomic mass is 10.6. The topological polar surface area (TPSA) is 35.5 Å². The van der Waals surface area contributed by atoms with Gasteiger partial charge in [-0.3, -0.25) is 0 Å². The number of carbonyl (C=O) groups excluding carboxylic acids is 1. The van der Waals surface area contributed by atoms with Crippen molar-refractivity contribution in [2.45, 2.75) is 0 Å². The van der Waals surface area contributed by atoms with Crippen LogP contribution in [0, 0.1) is 0 Å². The first kappa shape index (κ1) is 5.08. The van der Waals surface area contributed by atoms with Crippen molar-refractivity contribution in [3.05, 3.63) is 12.1 Å². The number of carbonyl (C=O) groups is 1. The van der Waals surface area contributed by atoms with Gasteiger partial charge < -0.3 is 9.47 Å². The van der Waals surface area contributed by atoms with Crippen molar-refractivity contribution >= 4 is 6.16 Å². The van der Waals surface area contributed by atoms with Gasteiger partial charge in [-0.05, 0) is 0 Å². The molecule has 0 aromatic carbocycles. The normalized spacial score (nSPS) is 23.1. The van der Waals surface area contributed by atoms with Gasteiger partial charge in [0.1, 0.15) is 6.33 Å². The van der Waals surface area contributed by atoms with Gasteiger partial charge in [0.15, 0.2) is 12.4 Å². The Labute approximate surface area is 44.7 Å². The molecule has 1 rings (SSSR count).